The van der Waals surface area contributed by atoms with Gasteiger partial charge in [-0.05, 0) is 17.7 Å². The molecule has 0 aliphatic carbocycles. The zero-order valence-corrected chi connectivity index (χ0v) is 8.94. The molecule has 0 saturated heterocycles. The van der Waals surface area contributed by atoms with E-state index in [0.717, 1.165) is 5.56 Å². The number of nitrogens with two attached hydrogens (primary N) is 1. The van der Waals surface area contributed by atoms with Crippen molar-refractivity contribution in [1.82, 2.24) is 0 Å². The normalized spacial score (nSPS) is 12.5. The molecule has 1 aromatic rings. The molecule has 1 atom stereocenters. The molecule has 0 radical (unpaired) electrons. The fraction of sp³-hybridized carbons (Fsp3) is 0.400. The second kappa shape index (κ2) is 5.92. The van der Waals surface area contributed by atoms with E-state index in [4.69, 9.17) is 32.3 Å². The van der Waals surface area contributed by atoms with Crippen molar-refractivity contribution in [3.63, 3.8) is 0 Å². The van der Waals surface area contributed by atoms with Crippen molar-refractivity contribution in [3.05, 3.63) is 28.8 Å². The SMILES string of the molecule is NCc1ccc(OC[C@@H](O)CO)c(Cl)c1. The largest absolute Gasteiger partial charge is 0.489 e. The minimum absolute atomic E-state index is 0.0121. The minimum Gasteiger partial charge on any atom is -0.489 e. The maximum Gasteiger partial charge on any atom is 0.138 e. The highest BCUT2D eigenvalue weighted by molar-refractivity contribution is 6.32. The highest BCUT2D eigenvalue weighted by Crippen LogP contribution is 2.25. The average Bonchev–Trinajstić information content (AvgIpc) is 2.26. The van der Waals surface area contributed by atoms with Crippen LogP contribution in [0.25, 0.3) is 0 Å². The molecular weight excluding hydrogens is 218 g/mol. The smallest absolute Gasteiger partial charge is 0.138 e. The first-order chi connectivity index (χ1) is 7.17. The second-order valence-electron chi connectivity index (χ2n) is 3.12. The van der Waals surface area contributed by atoms with Gasteiger partial charge in [-0.3, -0.25) is 0 Å². The van der Waals surface area contributed by atoms with Crippen LogP contribution in [0.2, 0.25) is 5.02 Å². The summed E-state index contributed by atoms with van der Waals surface area (Å²) in [6, 6.07) is 5.20. The molecule has 0 aromatic heterocycles. The molecule has 15 heavy (non-hydrogen) atoms. The monoisotopic (exact) mass is 231 g/mol. The summed E-state index contributed by atoms with van der Waals surface area (Å²) in [5.74, 6) is 0.473. The predicted molar refractivity (Wildman–Crippen MR) is 57.9 cm³/mol. The van der Waals surface area contributed by atoms with E-state index in [0.29, 0.717) is 17.3 Å². The zero-order chi connectivity index (χ0) is 11.3. The van der Waals surface area contributed by atoms with Crippen molar-refractivity contribution in [2.45, 2.75) is 12.6 Å². The van der Waals surface area contributed by atoms with Gasteiger partial charge in [0.1, 0.15) is 18.5 Å². The maximum atomic E-state index is 9.07. The molecule has 0 spiro atoms. The molecule has 0 aliphatic heterocycles. The number of rotatable bonds is 5. The van der Waals surface area contributed by atoms with Crippen molar-refractivity contribution in [2.75, 3.05) is 13.2 Å². The lowest BCUT2D eigenvalue weighted by atomic mass is 10.2. The van der Waals surface area contributed by atoms with E-state index in [2.05, 4.69) is 0 Å². The van der Waals surface area contributed by atoms with Crippen molar-refractivity contribution < 1.29 is 14.9 Å². The summed E-state index contributed by atoms with van der Waals surface area (Å²) < 4.78 is 5.21. The van der Waals surface area contributed by atoms with Gasteiger partial charge in [0, 0.05) is 6.54 Å². The number of hydrogen-bond donors (Lipinski definition) is 3. The van der Waals surface area contributed by atoms with E-state index in [-0.39, 0.29) is 13.2 Å². The number of aliphatic hydroxyl groups is 2. The number of benzene rings is 1. The Balaban J connectivity index is 2.62. The topological polar surface area (TPSA) is 75.7 Å². The second-order valence-corrected chi connectivity index (χ2v) is 3.52. The van der Waals surface area contributed by atoms with Crippen LogP contribution in [0.4, 0.5) is 0 Å². The fourth-order valence-electron chi connectivity index (χ4n) is 1.03. The maximum absolute atomic E-state index is 9.07. The highest BCUT2D eigenvalue weighted by atomic mass is 35.5. The third-order valence-electron chi connectivity index (χ3n) is 1.87. The Morgan fingerprint density at radius 1 is 1.47 bits per heavy atom. The Bertz CT molecular complexity index is 320. The van der Waals surface area contributed by atoms with Crippen LogP contribution in [0.5, 0.6) is 5.75 Å². The van der Waals surface area contributed by atoms with Gasteiger partial charge in [-0.1, -0.05) is 17.7 Å². The number of halogens is 1. The summed E-state index contributed by atoms with van der Waals surface area (Å²) >= 11 is 5.91. The molecule has 0 unspecified atom stereocenters. The standard InChI is InChI=1S/C10H14ClNO3/c11-9-3-7(4-12)1-2-10(9)15-6-8(14)5-13/h1-3,8,13-14H,4-6,12H2/t8-/m0/s1. The Labute approximate surface area is 93.2 Å². The quantitative estimate of drug-likeness (QED) is 0.691. The van der Waals surface area contributed by atoms with Crippen molar-refractivity contribution >= 4 is 11.6 Å². The van der Waals surface area contributed by atoms with Crippen LogP contribution in [0.15, 0.2) is 18.2 Å². The number of hydrogen-bond acceptors (Lipinski definition) is 4. The van der Waals surface area contributed by atoms with Crippen LogP contribution in [-0.2, 0) is 6.54 Å². The molecule has 4 nitrogen and oxygen atoms in total. The Hall–Kier alpha value is -0.810. The Morgan fingerprint density at radius 2 is 2.20 bits per heavy atom. The molecule has 0 amide bonds. The average molecular weight is 232 g/mol. The van der Waals surface area contributed by atoms with E-state index >= 15 is 0 Å². The van der Waals surface area contributed by atoms with E-state index in [1.165, 1.54) is 0 Å². The summed E-state index contributed by atoms with van der Waals surface area (Å²) in [5, 5.41) is 18.1. The fourth-order valence-corrected chi connectivity index (χ4v) is 1.28. The van der Waals surface area contributed by atoms with Crippen LogP contribution in [0.3, 0.4) is 0 Å². The van der Waals surface area contributed by atoms with Crippen LogP contribution in [0, 0.1) is 0 Å². The molecule has 1 aromatic carbocycles. The van der Waals surface area contributed by atoms with Gasteiger partial charge in [-0.25, -0.2) is 0 Å². The molecule has 0 bridgehead atoms. The third kappa shape index (κ3) is 3.68. The molecule has 84 valence electrons. The van der Waals surface area contributed by atoms with Crippen LogP contribution in [-0.4, -0.2) is 29.5 Å². The Kier molecular flexibility index (Phi) is 4.84. The third-order valence-corrected chi connectivity index (χ3v) is 2.17. The summed E-state index contributed by atoms with van der Waals surface area (Å²) in [6.45, 7) is 0.0932. The van der Waals surface area contributed by atoms with Crippen LogP contribution in [0.1, 0.15) is 5.56 Å². The van der Waals surface area contributed by atoms with E-state index in [1.807, 2.05) is 0 Å². The Morgan fingerprint density at radius 3 is 2.73 bits per heavy atom. The summed E-state index contributed by atoms with van der Waals surface area (Å²) in [5.41, 5.74) is 6.35. The van der Waals surface area contributed by atoms with Crippen molar-refractivity contribution in [3.8, 4) is 5.75 Å². The lowest BCUT2D eigenvalue weighted by molar-refractivity contribution is 0.0536. The van der Waals surface area contributed by atoms with Gasteiger partial charge in [0.25, 0.3) is 0 Å². The highest BCUT2D eigenvalue weighted by Gasteiger charge is 2.06. The summed E-state index contributed by atoms with van der Waals surface area (Å²) in [6.07, 6.45) is -0.893. The van der Waals surface area contributed by atoms with Gasteiger partial charge in [0.15, 0.2) is 0 Å². The van der Waals surface area contributed by atoms with Gasteiger partial charge in [0.05, 0.1) is 11.6 Å². The van der Waals surface area contributed by atoms with Gasteiger partial charge >= 0.3 is 0 Å². The van der Waals surface area contributed by atoms with Gasteiger partial charge in [0.2, 0.25) is 0 Å². The molecular formula is C10H14ClNO3. The molecule has 0 aliphatic rings. The summed E-state index contributed by atoms with van der Waals surface area (Å²) in [4.78, 5) is 0. The molecule has 5 heteroatoms. The zero-order valence-electron chi connectivity index (χ0n) is 8.19. The van der Waals surface area contributed by atoms with Gasteiger partial charge < -0.3 is 20.7 Å². The molecule has 1 rings (SSSR count). The molecule has 4 N–H and O–H groups in total. The first-order valence-electron chi connectivity index (χ1n) is 4.57. The molecule has 0 heterocycles. The minimum atomic E-state index is -0.893. The van der Waals surface area contributed by atoms with Gasteiger partial charge in [-0.15, -0.1) is 0 Å². The van der Waals surface area contributed by atoms with E-state index < -0.39 is 6.10 Å². The van der Waals surface area contributed by atoms with Crippen molar-refractivity contribution in [1.29, 1.82) is 0 Å². The predicted octanol–water partition coefficient (Wildman–Crippen LogP) is 0.531. The lowest BCUT2D eigenvalue weighted by Crippen LogP contribution is -2.21. The first-order valence-corrected chi connectivity index (χ1v) is 4.95. The van der Waals surface area contributed by atoms with Gasteiger partial charge in [-0.2, -0.15) is 0 Å². The lowest BCUT2D eigenvalue weighted by Gasteiger charge is -2.11. The molecule has 0 fully saturated rings. The van der Waals surface area contributed by atoms with Crippen LogP contribution < -0.4 is 10.5 Å². The van der Waals surface area contributed by atoms with Crippen LogP contribution >= 0.6 is 11.6 Å². The first kappa shape index (κ1) is 12.3. The van der Waals surface area contributed by atoms with E-state index in [9.17, 15) is 0 Å². The number of ether oxygens (including phenoxy) is 1. The molecule has 0 saturated carbocycles. The van der Waals surface area contributed by atoms with Crippen molar-refractivity contribution in [2.24, 2.45) is 5.73 Å². The summed E-state index contributed by atoms with van der Waals surface area (Å²) in [7, 11) is 0. The van der Waals surface area contributed by atoms with E-state index in [1.54, 1.807) is 18.2 Å². The number of aliphatic hydroxyl groups excluding tert-OH is 2.